The van der Waals surface area contributed by atoms with Crippen LogP contribution in [0, 0.1) is 0 Å². The molecule has 0 amide bonds. The van der Waals surface area contributed by atoms with E-state index in [1.54, 1.807) is 10.5 Å². The van der Waals surface area contributed by atoms with E-state index in [0.29, 0.717) is 18.2 Å². The molecule has 10 heteroatoms. The highest BCUT2D eigenvalue weighted by atomic mass is 32.2. The smallest absolute Gasteiger partial charge is 0.235 e. The summed E-state index contributed by atoms with van der Waals surface area (Å²) in [7, 11) is -3.41. The zero-order valence-corrected chi connectivity index (χ0v) is 23.9. The van der Waals surface area contributed by atoms with E-state index in [1.165, 1.54) is 0 Å². The number of nitrogen functional groups attached to an aromatic ring is 1. The number of imidazole rings is 1. The van der Waals surface area contributed by atoms with Crippen molar-refractivity contribution in [2.24, 2.45) is 0 Å². The molecule has 42 heavy (non-hydrogen) atoms. The lowest BCUT2D eigenvalue weighted by molar-refractivity contribution is 0.0186. The van der Waals surface area contributed by atoms with Gasteiger partial charge in [-0.1, -0.05) is 49.0 Å². The number of nitrogens with zero attached hydrogens (tertiary/aromatic N) is 6. The van der Waals surface area contributed by atoms with Gasteiger partial charge in [-0.05, 0) is 54.8 Å². The first-order valence-corrected chi connectivity index (χ1v) is 15.5. The van der Waals surface area contributed by atoms with Gasteiger partial charge < -0.3 is 5.73 Å². The van der Waals surface area contributed by atoms with E-state index in [9.17, 15) is 8.42 Å². The van der Waals surface area contributed by atoms with Crippen LogP contribution in [0.15, 0.2) is 97.0 Å². The van der Waals surface area contributed by atoms with E-state index >= 15 is 0 Å². The molecule has 5 aromatic rings. The highest BCUT2D eigenvalue weighted by Gasteiger charge is 2.43. The molecule has 0 spiro atoms. The van der Waals surface area contributed by atoms with Crippen LogP contribution in [0.25, 0.3) is 39.5 Å². The van der Waals surface area contributed by atoms with Crippen LogP contribution in [0.1, 0.15) is 18.4 Å². The fourth-order valence-corrected chi connectivity index (χ4v) is 7.38. The molecule has 2 bridgehead atoms. The van der Waals surface area contributed by atoms with E-state index in [2.05, 4.69) is 40.7 Å². The van der Waals surface area contributed by atoms with Gasteiger partial charge >= 0.3 is 0 Å². The second kappa shape index (κ2) is 10.5. The Labute approximate surface area is 245 Å². The van der Waals surface area contributed by atoms with Crippen molar-refractivity contribution in [1.82, 2.24) is 28.7 Å². The Morgan fingerprint density at radius 1 is 0.905 bits per heavy atom. The molecule has 2 aromatic carbocycles. The van der Waals surface area contributed by atoms with Gasteiger partial charge in [0, 0.05) is 54.6 Å². The van der Waals surface area contributed by atoms with E-state index in [1.807, 2.05) is 59.2 Å². The lowest BCUT2D eigenvalue weighted by Gasteiger charge is -2.50. The molecule has 2 atom stereocenters. The highest BCUT2D eigenvalue weighted by molar-refractivity contribution is 7.92. The third-order valence-electron chi connectivity index (χ3n) is 8.36. The van der Waals surface area contributed by atoms with Gasteiger partial charge in [-0.15, -0.1) is 0 Å². The molecular formula is C32H31N7O2S. The average molecular weight is 578 g/mol. The number of anilines is 1. The first-order valence-electron chi connectivity index (χ1n) is 14.0. The Morgan fingerprint density at radius 2 is 1.69 bits per heavy atom. The van der Waals surface area contributed by atoms with Crippen LogP contribution in [0.5, 0.6) is 0 Å². The lowest BCUT2D eigenvalue weighted by atomic mass is 9.92. The van der Waals surface area contributed by atoms with Crippen molar-refractivity contribution in [1.29, 1.82) is 0 Å². The average Bonchev–Trinajstić information content (AvgIpc) is 3.41. The van der Waals surface area contributed by atoms with Crippen molar-refractivity contribution in [2.45, 2.75) is 31.5 Å². The zero-order valence-electron chi connectivity index (χ0n) is 23.0. The maximum Gasteiger partial charge on any atom is 0.235 e. The number of pyridine rings is 2. The predicted octanol–water partition coefficient (Wildman–Crippen LogP) is 4.85. The van der Waals surface area contributed by atoms with Gasteiger partial charge in [-0.3, -0.25) is 9.47 Å². The fraction of sp³-hybridized carbons (Fsp3) is 0.219. The summed E-state index contributed by atoms with van der Waals surface area (Å²) in [4.78, 5) is 16.7. The molecule has 2 unspecified atom stereocenters. The van der Waals surface area contributed by atoms with Crippen LogP contribution in [-0.2, 0) is 16.6 Å². The molecule has 212 valence electrons. The van der Waals surface area contributed by atoms with Crippen molar-refractivity contribution < 1.29 is 8.42 Å². The van der Waals surface area contributed by atoms with E-state index in [-0.39, 0.29) is 12.1 Å². The third-order valence-corrected chi connectivity index (χ3v) is 9.89. The number of hydrogen-bond acceptors (Lipinski definition) is 7. The first-order chi connectivity index (χ1) is 20.4. The summed E-state index contributed by atoms with van der Waals surface area (Å²) in [5.74, 6) is 1.08. The quantitative estimate of drug-likeness (QED) is 0.294. The van der Waals surface area contributed by atoms with Crippen molar-refractivity contribution in [3.63, 3.8) is 0 Å². The van der Waals surface area contributed by atoms with Gasteiger partial charge in [-0.2, -0.15) is 4.31 Å². The largest absolute Gasteiger partial charge is 0.383 e. The Bertz CT molecular complexity index is 1890. The van der Waals surface area contributed by atoms with Crippen LogP contribution in [-0.4, -0.2) is 62.3 Å². The van der Waals surface area contributed by atoms with Gasteiger partial charge in [-0.25, -0.2) is 23.4 Å². The fourth-order valence-electron chi connectivity index (χ4n) is 6.22. The number of piperidine rings is 2. The van der Waals surface area contributed by atoms with Crippen LogP contribution in [0.4, 0.5) is 5.82 Å². The molecular weight excluding hydrogens is 546 g/mol. The molecule has 3 aromatic heterocycles. The van der Waals surface area contributed by atoms with Crippen molar-refractivity contribution in [3.8, 4) is 28.3 Å². The van der Waals surface area contributed by atoms with Crippen LogP contribution < -0.4 is 5.73 Å². The van der Waals surface area contributed by atoms with Gasteiger partial charge in [0.2, 0.25) is 10.0 Å². The number of rotatable bonds is 7. The van der Waals surface area contributed by atoms with Gasteiger partial charge in [0.05, 0.1) is 11.3 Å². The lowest BCUT2D eigenvalue weighted by Crippen LogP contribution is -2.63. The van der Waals surface area contributed by atoms with Crippen molar-refractivity contribution >= 4 is 27.0 Å². The second-order valence-corrected chi connectivity index (χ2v) is 12.7. The first kappa shape index (κ1) is 26.5. The summed E-state index contributed by atoms with van der Waals surface area (Å²) in [5.41, 5.74) is 12.5. The van der Waals surface area contributed by atoms with Gasteiger partial charge in [0.25, 0.3) is 0 Å². The molecule has 3 aliphatic heterocycles. The Hall–Kier alpha value is -4.38. The summed E-state index contributed by atoms with van der Waals surface area (Å²) in [6.07, 6.45) is 3.56. The third kappa shape index (κ3) is 4.67. The summed E-state index contributed by atoms with van der Waals surface area (Å²) < 4.78 is 28.6. The van der Waals surface area contributed by atoms with E-state index in [0.717, 1.165) is 70.6 Å². The highest BCUT2D eigenvalue weighted by Crippen LogP contribution is 2.34. The van der Waals surface area contributed by atoms with Crippen molar-refractivity contribution in [2.75, 3.05) is 18.8 Å². The number of sulfonamides is 1. The standard InChI is InChI=1S/C32H31N7O2S/c1-2-42(40,41)38-21-25-14-15-26(38)20-37(25)19-22-10-12-24(13-11-22)39-31(27-9-6-18-34-30(27)33)36-29-17-16-28(35-32(29)39)23-7-4-3-5-8-23/h2-13,16-18,25-26H,1,14-15,19-21H2,(H2,33,34). The second-order valence-electron chi connectivity index (χ2n) is 10.9. The summed E-state index contributed by atoms with van der Waals surface area (Å²) in [6.45, 7) is 5.51. The molecule has 0 aliphatic carbocycles. The summed E-state index contributed by atoms with van der Waals surface area (Å²) >= 11 is 0. The Morgan fingerprint density at radius 3 is 2.40 bits per heavy atom. The maximum atomic E-state index is 12.5. The molecule has 9 nitrogen and oxygen atoms in total. The van der Waals surface area contributed by atoms with Crippen LogP contribution in [0.3, 0.4) is 0 Å². The molecule has 3 fully saturated rings. The molecule has 0 radical (unpaired) electrons. The number of nitrogens with two attached hydrogens (primary N) is 1. The van der Waals surface area contributed by atoms with Crippen LogP contribution in [0.2, 0.25) is 0 Å². The minimum Gasteiger partial charge on any atom is -0.383 e. The van der Waals surface area contributed by atoms with Gasteiger partial charge in [0.1, 0.15) is 11.3 Å². The number of hydrogen-bond donors (Lipinski definition) is 1. The monoisotopic (exact) mass is 577 g/mol. The topological polar surface area (TPSA) is 110 Å². The SMILES string of the molecule is C=CS(=O)(=O)N1CC2CCC1CN2Cc1ccc(-n2c(-c3cccnc3N)nc3ccc(-c4ccccc4)nc32)cc1. The molecule has 6 heterocycles. The molecule has 0 saturated carbocycles. The Kier molecular flexibility index (Phi) is 6.61. The normalized spacial score (nSPS) is 19.3. The Balaban J connectivity index is 1.23. The molecule has 3 saturated heterocycles. The minimum atomic E-state index is -3.41. The van der Waals surface area contributed by atoms with E-state index < -0.39 is 10.0 Å². The molecule has 3 aliphatic rings. The zero-order chi connectivity index (χ0) is 28.8. The number of piperazine rings is 1. The number of fused-ring (bicyclic) bond motifs is 4. The summed E-state index contributed by atoms with van der Waals surface area (Å²) in [6, 6.07) is 26.5. The number of aromatic nitrogens is 4. The summed E-state index contributed by atoms with van der Waals surface area (Å²) in [5, 5.41) is 1.07. The van der Waals surface area contributed by atoms with E-state index in [4.69, 9.17) is 15.7 Å². The predicted molar refractivity (Wildman–Crippen MR) is 165 cm³/mol. The van der Waals surface area contributed by atoms with Gasteiger partial charge in [0.15, 0.2) is 11.5 Å². The molecule has 2 N–H and O–H groups in total. The van der Waals surface area contributed by atoms with Crippen LogP contribution >= 0.6 is 0 Å². The van der Waals surface area contributed by atoms with Crippen molar-refractivity contribution in [3.05, 3.63) is 103 Å². The molecule has 8 rings (SSSR count). The number of benzene rings is 2. The maximum absolute atomic E-state index is 12.5. The minimum absolute atomic E-state index is 0.00744.